The van der Waals surface area contributed by atoms with Gasteiger partial charge in [-0.05, 0) is 54.5 Å². The number of hydrogen-bond donors (Lipinski definition) is 1. The quantitative estimate of drug-likeness (QED) is 0.547. The molecule has 4 atom stereocenters. The summed E-state index contributed by atoms with van der Waals surface area (Å²) >= 11 is 0. The molecule has 1 spiro atoms. The van der Waals surface area contributed by atoms with Gasteiger partial charge in [0.15, 0.2) is 17.5 Å². The molecule has 6 rings (SSSR count). The summed E-state index contributed by atoms with van der Waals surface area (Å²) in [7, 11) is 0. The van der Waals surface area contributed by atoms with Gasteiger partial charge in [-0.3, -0.25) is 4.79 Å². The fraction of sp³-hybridized carbons (Fsp3) is 0.333. The lowest BCUT2D eigenvalue weighted by molar-refractivity contribution is -0.138. The molecule has 2 saturated carbocycles. The van der Waals surface area contributed by atoms with Crippen molar-refractivity contribution in [1.29, 1.82) is 0 Å². The van der Waals surface area contributed by atoms with E-state index in [0.29, 0.717) is 31.1 Å². The van der Waals surface area contributed by atoms with E-state index in [4.69, 9.17) is 0 Å². The first-order chi connectivity index (χ1) is 16.7. The van der Waals surface area contributed by atoms with E-state index in [1.54, 1.807) is 11.0 Å². The molecule has 6 nitrogen and oxygen atoms in total. The predicted octanol–water partition coefficient (Wildman–Crippen LogP) is 4.55. The SMILES string of the molecule is O=C(c1ccc(F)cc1-c1ncccn1)N1CC2CC23CC(Nc2ncc(C(F)(F)F)cc2F)C13. The number of alkyl halides is 3. The van der Waals surface area contributed by atoms with Crippen molar-refractivity contribution in [2.75, 3.05) is 11.9 Å². The molecule has 1 N–H and O–H groups in total. The van der Waals surface area contributed by atoms with Gasteiger partial charge in [0.25, 0.3) is 5.91 Å². The number of halogens is 5. The first-order valence-corrected chi connectivity index (χ1v) is 11.0. The lowest BCUT2D eigenvalue weighted by atomic mass is 9.71. The molecule has 2 aromatic heterocycles. The highest BCUT2D eigenvalue weighted by molar-refractivity contribution is 6.01. The number of rotatable bonds is 4. The van der Waals surface area contributed by atoms with Crippen LogP contribution in [0.25, 0.3) is 11.4 Å². The van der Waals surface area contributed by atoms with Crippen molar-refractivity contribution in [3.8, 4) is 11.4 Å². The Balaban J connectivity index is 1.28. The molecule has 2 aliphatic carbocycles. The minimum atomic E-state index is -4.70. The summed E-state index contributed by atoms with van der Waals surface area (Å²) in [5.41, 5.74) is -0.736. The van der Waals surface area contributed by atoms with Crippen molar-refractivity contribution in [3.05, 3.63) is 71.7 Å². The largest absolute Gasteiger partial charge is 0.417 e. The number of carbonyl (C=O) groups is 1. The van der Waals surface area contributed by atoms with Gasteiger partial charge in [-0.25, -0.2) is 23.7 Å². The molecular formula is C24H18F5N5O. The molecule has 3 fully saturated rings. The second kappa shape index (κ2) is 7.43. The molecule has 0 bridgehead atoms. The Morgan fingerprint density at radius 3 is 2.57 bits per heavy atom. The van der Waals surface area contributed by atoms with E-state index in [-0.39, 0.29) is 46.2 Å². The highest BCUT2D eigenvalue weighted by atomic mass is 19.4. The van der Waals surface area contributed by atoms with Gasteiger partial charge >= 0.3 is 6.18 Å². The van der Waals surface area contributed by atoms with Crippen LogP contribution in [0.5, 0.6) is 0 Å². The van der Waals surface area contributed by atoms with Crippen molar-refractivity contribution in [1.82, 2.24) is 19.9 Å². The van der Waals surface area contributed by atoms with Crippen LogP contribution in [-0.4, -0.2) is 44.4 Å². The number of pyridine rings is 1. The monoisotopic (exact) mass is 487 g/mol. The van der Waals surface area contributed by atoms with Crippen LogP contribution in [0.3, 0.4) is 0 Å². The Morgan fingerprint density at radius 1 is 1.09 bits per heavy atom. The molecule has 1 aromatic carbocycles. The van der Waals surface area contributed by atoms with Crippen molar-refractivity contribution < 1.29 is 26.7 Å². The summed E-state index contributed by atoms with van der Waals surface area (Å²) in [5.74, 6) is -1.72. The normalized spacial score (nSPS) is 26.5. The number of nitrogens with zero attached hydrogens (tertiary/aromatic N) is 4. The summed E-state index contributed by atoms with van der Waals surface area (Å²) < 4.78 is 67.0. The van der Waals surface area contributed by atoms with Crippen LogP contribution in [0.1, 0.15) is 28.8 Å². The van der Waals surface area contributed by atoms with Crippen LogP contribution in [0, 0.1) is 23.0 Å². The Kier molecular flexibility index (Phi) is 4.64. The molecule has 3 aromatic rings. The number of aromatic nitrogens is 3. The maximum absolute atomic E-state index is 14.4. The van der Waals surface area contributed by atoms with Gasteiger partial charge in [0.2, 0.25) is 0 Å². The number of hydrogen-bond acceptors (Lipinski definition) is 5. The lowest BCUT2D eigenvalue weighted by Gasteiger charge is -2.48. The average Bonchev–Trinajstić information content (AvgIpc) is 3.48. The van der Waals surface area contributed by atoms with Gasteiger partial charge in [-0.15, -0.1) is 0 Å². The summed E-state index contributed by atoms with van der Waals surface area (Å²) in [6, 6.07) is 5.18. The molecule has 4 unspecified atom stereocenters. The molecule has 180 valence electrons. The van der Waals surface area contributed by atoms with Crippen LogP contribution in [0.15, 0.2) is 48.9 Å². The molecule has 1 aliphatic heterocycles. The third kappa shape index (κ3) is 3.43. The molecule has 3 aliphatic rings. The van der Waals surface area contributed by atoms with E-state index >= 15 is 0 Å². The molecule has 0 radical (unpaired) electrons. The number of nitrogens with one attached hydrogen (secondary N) is 1. The van der Waals surface area contributed by atoms with Gasteiger partial charge in [-0.2, -0.15) is 13.2 Å². The molecule has 35 heavy (non-hydrogen) atoms. The van der Waals surface area contributed by atoms with Gasteiger partial charge < -0.3 is 10.2 Å². The minimum absolute atomic E-state index is 0.0842. The first kappa shape index (κ1) is 21.9. The number of piperidine rings is 1. The third-order valence-electron chi connectivity index (χ3n) is 7.37. The van der Waals surface area contributed by atoms with Crippen molar-refractivity contribution in [3.63, 3.8) is 0 Å². The zero-order chi connectivity index (χ0) is 24.5. The summed E-state index contributed by atoms with van der Waals surface area (Å²) in [4.78, 5) is 27.3. The second-order valence-electron chi connectivity index (χ2n) is 9.31. The standard InChI is InChI=1S/C24H18F5N5O/c25-14-2-3-15(16(7-14)20-30-4-1-5-31-20)22(35)34-11-13-8-23(13)9-18(19(23)34)33-21-17(26)6-12(10-32-21)24(27,28)29/h1-7,10,13,18-19H,8-9,11H2,(H,32,33). The number of amides is 1. The van der Waals surface area contributed by atoms with Crippen LogP contribution in [0.4, 0.5) is 27.8 Å². The van der Waals surface area contributed by atoms with Gasteiger partial charge in [0, 0.05) is 36.7 Å². The summed E-state index contributed by atoms with van der Waals surface area (Å²) in [5, 5.41) is 2.91. The average molecular weight is 487 g/mol. The van der Waals surface area contributed by atoms with Crippen LogP contribution in [0.2, 0.25) is 0 Å². The fourth-order valence-corrected chi connectivity index (χ4v) is 5.71. The van der Waals surface area contributed by atoms with E-state index in [1.807, 2.05) is 0 Å². The van der Waals surface area contributed by atoms with Crippen molar-refractivity contribution >= 4 is 11.7 Å². The zero-order valence-electron chi connectivity index (χ0n) is 18.1. The highest BCUT2D eigenvalue weighted by Gasteiger charge is 2.75. The Bertz CT molecular complexity index is 1330. The van der Waals surface area contributed by atoms with E-state index in [1.165, 1.54) is 30.6 Å². The fourth-order valence-electron chi connectivity index (χ4n) is 5.71. The van der Waals surface area contributed by atoms with Gasteiger partial charge in [0.05, 0.1) is 17.2 Å². The number of likely N-dealkylation sites (tertiary alicyclic amines) is 1. The van der Waals surface area contributed by atoms with E-state index in [9.17, 15) is 26.7 Å². The van der Waals surface area contributed by atoms with Crippen molar-refractivity contribution in [2.24, 2.45) is 11.3 Å². The van der Waals surface area contributed by atoms with E-state index in [2.05, 4.69) is 20.3 Å². The number of carbonyl (C=O) groups excluding carboxylic acids is 1. The lowest BCUT2D eigenvalue weighted by Crippen LogP contribution is -2.60. The van der Waals surface area contributed by atoms with Crippen LogP contribution >= 0.6 is 0 Å². The Labute approximate surface area is 196 Å². The molecule has 3 heterocycles. The number of benzene rings is 1. The van der Waals surface area contributed by atoms with Crippen molar-refractivity contribution in [2.45, 2.75) is 31.1 Å². The van der Waals surface area contributed by atoms with Gasteiger partial charge in [-0.1, -0.05) is 0 Å². The topological polar surface area (TPSA) is 71.0 Å². The molecular weight excluding hydrogens is 469 g/mol. The van der Waals surface area contributed by atoms with Gasteiger partial charge in [0.1, 0.15) is 5.82 Å². The molecule has 1 saturated heterocycles. The second-order valence-corrected chi connectivity index (χ2v) is 9.31. The summed E-state index contributed by atoms with van der Waals surface area (Å²) in [6.45, 7) is 0.497. The molecule has 11 heteroatoms. The highest BCUT2D eigenvalue weighted by Crippen LogP contribution is 2.71. The predicted molar refractivity (Wildman–Crippen MR) is 114 cm³/mol. The Morgan fingerprint density at radius 2 is 1.86 bits per heavy atom. The minimum Gasteiger partial charge on any atom is -0.363 e. The van der Waals surface area contributed by atoms with E-state index in [0.717, 1.165) is 6.42 Å². The third-order valence-corrected chi connectivity index (χ3v) is 7.37. The Hall–Kier alpha value is -3.63. The maximum atomic E-state index is 14.4. The first-order valence-electron chi connectivity index (χ1n) is 11.0. The zero-order valence-corrected chi connectivity index (χ0v) is 18.1. The smallest absolute Gasteiger partial charge is 0.363 e. The van der Waals surface area contributed by atoms with E-state index < -0.39 is 23.4 Å². The number of anilines is 1. The maximum Gasteiger partial charge on any atom is 0.417 e. The summed E-state index contributed by atoms with van der Waals surface area (Å²) in [6.07, 6.45) is 0.477. The molecule has 1 amide bonds. The van der Waals surface area contributed by atoms with Crippen LogP contribution in [-0.2, 0) is 6.18 Å². The van der Waals surface area contributed by atoms with Crippen LogP contribution < -0.4 is 5.32 Å².